The summed E-state index contributed by atoms with van der Waals surface area (Å²) >= 11 is 0. The number of carbonyl (C=O) groups excluding carboxylic acids is 1. The summed E-state index contributed by atoms with van der Waals surface area (Å²) in [7, 11) is 1.83. The van der Waals surface area contributed by atoms with Gasteiger partial charge in [0.2, 0.25) is 0 Å². The Kier molecular flexibility index (Phi) is 4.49. The topological polar surface area (TPSA) is 88.0 Å². The molecule has 2 N–H and O–H groups in total. The third-order valence-corrected chi connectivity index (χ3v) is 4.64. The molecule has 2 aromatic heterocycles. The third-order valence-electron chi connectivity index (χ3n) is 4.64. The van der Waals surface area contributed by atoms with Crippen molar-refractivity contribution in [3.05, 3.63) is 42.9 Å². The van der Waals surface area contributed by atoms with Crippen LogP contribution in [0.5, 0.6) is 0 Å². The second-order valence-corrected chi connectivity index (χ2v) is 6.43. The molecule has 2 amide bonds. The summed E-state index contributed by atoms with van der Waals surface area (Å²) in [6.45, 7) is 1.85. The molecule has 0 radical (unpaired) electrons. The van der Waals surface area contributed by atoms with Crippen LogP contribution in [0.25, 0.3) is 16.9 Å². The summed E-state index contributed by atoms with van der Waals surface area (Å²) in [5.41, 5.74) is 2.26. The highest BCUT2D eigenvalue weighted by Crippen LogP contribution is 2.15. The number of carbonyl (C=O) groups is 1. The number of rotatable bonds is 3. The molecule has 1 aliphatic heterocycles. The van der Waals surface area contributed by atoms with E-state index in [4.69, 9.17) is 0 Å². The molecular weight excluding hydrogens is 330 g/mol. The average Bonchev–Trinajstić information content (AvgIpc) is 3.16. The van der Waals surface area contributed by atoms with Gasteiger partial charge in [0.1, 0.15) is 0 Å². The lowest BCUT2D eigenvalue weighted by Crippen LogP contribution is -2.48. The van der Waals surface area contributed by atoms with Gasteiger partial charge in [0.25, 0.3) is 0 Å². The zero-order valence-corrected chi connectivity index (χ0v) is 14.6. The average molecular weight is 351 g/mol. The summed E-state index contributed by atoms with van der Waals surface area (Å²) in [6, 6.07) is 7.75. The van der Waals surface area contributed by atoms with Crippen LogP contribution in [0, 0.1) is 0 Å². The van der Waals surface area contributed by atoms with E-state index in [9.17, 15) is 4.79 Å². The number of amides is 2. The Labute approximate surface area is 151 Å². The number of urea groups is 1. The van der Waals surface area contributed by atoms with E-state index in [1.165, 1.54) is 0 Å². The molecule has 3 aromatic rings. The van der Waals surface area contributed by atoms with Gasteiger partial charge >= 0.3 is 6.03 Å². The molecule has 4 rings (SSSR count). The van der Waals surface area contributed by atoms with E-state index in [0.717, 1.165) is 37.0 Å². The first-order valence-electron chi connectivity index (χ1n) is 8.72. The van der Waals surface area contributed by atoms with Gasteiger partial charge in [0, 0.05) is 19.6 Å². The molecule has 0 bridgehead atoms. The summed E-state index contributed by atoms with van der Waals surface area (Å²) in [5.74, 6) is 0.606. The summed E-state index contributed by atoms with van der Waals surface area (Å²) in [4.78, 5) is 23.1. The first kappa shape index (κ1) is 16.5. The monoisotopic (exact) mass is 351 g/mol. The van der Waals surface area contributed by atoms with Crippen LogP contribution in [-0.4, -0.2) is 56.9 Å². The lowest BCUT2D eigenvalue weighted by molar-refractivity contribution is 0.191. The van der Waals surface area contributed by atoms with Crippen LogP contribution in [0.15, 0.2) is 42.9 Å². The van der Waals surface area contributed by atoms with E-state index in [2.05, 4.69) is 25.7 Å². The number of nitrogens with zero attached hydrogens (tertiary/aromatic N) is 5. The van der Waals surface area contributed by atoms with E-state index in [0.29, 0.717) is 11.5 Å². The SMILES string of the molecule is CN(C(=O)Nc1cnn(-c2cnc3ccccc3n2)c1)C1CCCNC1. The molecule has 8 nitrogen and oxygen atoms in total. The van der Waals surface area contributed by atoms with Crippen molar-refractivity contribution < 1.29 is 4.79 Å². The highest BCUT2D eigenvalue weighted by Gasteiger charge is 2.22. The fourth-order valence-corrected chi connectivity index (χ4v) is 3.11. The van der Waals surface area contributed by atoms with Crippen LogP contribution >= 0.6 is 0 Å². The summed E-state index contributed by atoms with van der Waals surface area (Å²) in [5, 5.41) is 10.5. The molecule has 1 fully saturated rings. The van der Waals surface area contributed by atoms with Crippen molar-refractivity contribution in [1.29, 1.82) is 0 Å². The maximum absolute atomic E-state index is 12.5. The Hall–Kier alpha value is -3.00. The molecule has 1 aliphatic rings. The van der Waals surface area contributed by atoms with E-state index >= 15 is 0 Å². The number of nitrogens with one attached hydrogen (secondary N) is 2. The molecule has 1 aromatic carbocycles. The normalized spacial score (nSPS) is 17.2. The minimum absolute atomic E-state index is 0.136. The van der Waals surface area contributed by atoms with Crippen LogP contribution in [0.1, 0.15) is 12.8 Å². The van der Waals surface area contributed by atoms with Crippen molar-refractivity contribution in [2.75, 3.05) is 25.5 Å². The number of hydrogen-bond acceptors (Lipinski definition) is 5. The van der Waals surface area contributed by atoms with Gasteiger partial charge < -0.3 is 15.5 Å². The molecule has 0 spiro atoms. The largest absolute Gasteiger partial charge is 0.323 e. The predicted molar refractivity (Wildman–Crippen MR) is 99.3 cm³/mol. The fourth-order valence-electron chi connectivity index (χ4n) is 3.11. The van der Waals surface area contributed by atoms with Crippen molar-refractivity contribution >= 4 is 22.8 Å². The van der Waals surface area contributed by atoms with Crippen LogP contribution in [0.3, 0.4) is 0 Å². The van der Waals surface area contributed by atoms with Gasteiger partial charge in [0.15, 0.2) is 5.82 Å². The maximum Gasteiger partial charge on any atom is 0.321 e. The number of hydrogen-bond donors (Lipinski definition) is 2. The molecule has 134 valence electrons. The van der Waals surface area contributed by atoms with Gasteiger partial charge in [-0.05, 0) is 31.5 Å². The Balaban J connectivity index is 1.47. The van der Waals surface area contributed by atoms with Crippen LogP contribution in [0.2, 0.25) is 0 Å². The summed E-state index contributed by atoms with van der Waals surface area (Å²) < 4.78 is 1.61. The number of anilines is 1. The van der Waals surface area contributed by atoms with Gasteiger partial charge in [-0.25, -0.2) is 14.5 Å². The highest BCUT2D eigenvalue weighted by molar-refractivity contribution is 5.89. The number of fused-ring (bicyclic) bond motifs is 1. The molecule has 0 aliphatic carbocycles. The first-order chi connectivity index (χ1) is 12.7. The van der Waals surface area contributed by atoms with Gasteiger partial charge in [-0.15, -0.1) is 0 Å². The number of para-hydroxylation sites is 2. The van der Waals surface area contributed by atoms with Crippen molar-refractivity contribution in [3.8, 4) is 5.82 Å². The fraction of sp³-hybridized carbons (Fsp3) is 0.333. The Bertz CT molecular complexity index is 917. The number of piperidine rings is 1. The van der Waals surface area contributed by atoms with Crippen molar-refractivity contribution in [1.82, 2.24) is 30.0 Å². The maximum atomic E-state index is 12.5. The van der Waals surface area contributed by atoms with Gasteiger partial charge in [-0.1, -0.05) is 12.1 Å². The smallest absolute Gasteiger partial charge is 0.321 e. The number of likely N-dealkylation sites (N-methyl/N-ethyl adjacent to an activating group) is 1. The number of aromatic nitrogens is 4. The lowest BCUT2D eigenvalue weighted by atomic mass is 10.1. The molecule has 1 atom stereocenters. The molecule has 1 unspecified atom stereocenters. The summed E-state index contributed by atoms with van der Waals surface area (Å²) in [6.07, 6.45) is 7.12. The second-order valence-electron chi connectivity index (χ2n) is 6.43. The van der Waals surface area contributed by atoms with Crippen molar-refractivity contribution in [2.24, 2.45) is 0 Å². The van der Waals surface area contributed by atoms with Gasteiger partial charge in [-0.2, -0.15) is 5.10 Å². The number of benzene rings is 1. The zero-order valence-electron chi connectivity index (χ0n) is 14.6. The van der Waals surface area contributed by atoms with Crippen molar-refractivity contribution in [3.63, 3.8) is 0 Å². The Morgan fingerprint density at radius 2 is 2.15 bits per heavy atom. The quantitative estimate of drug-likeness (QED) is 0.754. The van der Waals surface area contributed by atoms with Crippen molar-refractivity contribution in [2.45, 2.75) is 18.9 Å². The minimum Gasteiger partial charge on any atom is -0.323 e. The van der Waals surface area contributed by atoms with Crippen LogP contribution in [0.4, 0.5) is 10.5 Å². The zero-order chi connectivity index (χ0) is 17.9. The molecule has 3 heterocycles. The Morgan fingerprint density at radius 1 is 1.31 bits per heavy atom. The minimum atomic E-state index is -0.136. The highest BCUT2D eigenvalue weighted by atomic mass is 16.2. The standard InChI is InChI=1S/C18H21N7O/c1-24(14-5-4-8-19-10-14)18(26)22-13-9-21-25(12-13)17-11-20-15-6-2-3-7-16(15)23-17/h2-3,6-7,9,11-12,14,19H,4-5,8,10H2,1H3,(H,22,26). The molecule has 1 saturated heterocycles. The molecular formula is C18H21N7O. The lowest BCUT2D eigenvalue weighted by Gasteiger charge is -2.31. The second kappa shape index (κ2) is 7.09. The van der Waals surface area contributed by atoms with E-state index in [1.807, 2.05) is 31.3 Å². The van der Waals surface area contributed by atoms with Crippen LogP contribution in [-0.2, 0) is 0 Å². The predicted octanol–water partition coefficient (Wildman–Crippen LogP) is 2.03. The van der Waals surface area contributed by atoms with E-state index < -0.39 is 0 Å². The molecule has 0 saturated carbocycles. The molecule has 8 heteroatoms. The van der Waals surface area contributed by atoms with E-state index in [1.54, 1.807) is 28.2 Å². The Morgan fingerprint density at radius 3 is 2.96 bits per heavy atom. The first-order valence-corrected chi connectivity index (χ1v) is 8.72. The molecule has 26 heavy (non-hydrogen) atoms. The third kappa shape index (κ3) is 3.36. The van der Waals surface area contributed by atoms with Gasteiger partial charge in [-0.3, -0.25) is 4.98 Å². The van der Waals surface area contributed by atoms with Crippen LogP contribution < -0.4 is 10.6 Å². The van der Waals surface area contributed by atoms with Gasteiger partial charge in [0.05, 0.1) is 35.3 Å². The van der Waals surface area contributed by atoms with E-state index in [-0.39, 0.29) is 12.1 Å².